The number of ether oxygens (including phenoxy) is 1. The first-order valence-electron chi connectivity index (χ1n) is 5.11. The number of hydrogen-bond donors (Lipinski definition) is 4. The Bertz CT molecular complexity index is 228. The number of carboxylic acid groups (broad SMARTS) is 1. The van der Waals surface area contributed by atoms with E-state index in [0.29, 0.717) is 11.8 Å². The van der Waals surface area contributed by atoms with Crippen molar-refractivity contribution in [3.05, 3.63) is 0 Å². The SMILES string of the molecule is CCOC(=S)N(CC)CC.NC(=O)O.NC(O)=S. The maximum absolute atomic E-state index is 8.78. The van der Waals surface area contributed by atoms with Crippen LogP contribution in [0.5, 0.6) is 0 Å². The van der Waals surface area contributed by atoms with Crippen LogP contribution in [0.2, 0.25) is 0 Å². The second kappa shape index (κ2) is 15.6. The Hall–Kier alpha value is -1.35. The highest BCUT2D eigenvalue weighted by Crippen LogP contribution is 1.92. The van der Waals surface area contributed by atoms with Gasteiger partial charge in [0.05, 0.1) is 6.61 Å². The van der Waals surface area contributed by atoms with Gasteiger partial charge in [-0.1, -0.05) is 0 Å². The molecule has 1 amide bonds. The molecular weight excluding hydrogens is 278 g/mol. The van der Waals surface area contributed by atoms with Crippen LogP contribution >= 0.6 is 24.4 Å². The molecular formula is C9H21N3O4S2. The third-order valence-corrected chi connectivity index (χ3v) is 1.67. The van der Waals surface area contributed by atoms with Crippen LogP contribution < -0.4 is 11.5 Å². The van der Waals surface area contributed by atoms with Crippen molar-refractivity contribution < 1.29 is 19.7 Å². The van der Waals surface area contributed by atoms with E-state index in [1.165, 1.54) is 0 Å². The molecule has 0 saturated carbocycles. The summed E-state index contributed by atoms with van der Waals surface area (Å²) in [7, 11) is 0. The summed E-state index contributed by atoms with van der Waals surface area (Å²) in [6, 6.07) is 0. The van der Waals surface area contributed by atoms with Crippen molar-refractivity contribution in [1.82, 2.24) is 4.90 Å². The first-order chi connectivity index (χ1) is 8.22. The molecule has 0 fully saturated rings. The molecule has 0 bridgehead atoms. The van der Waals surface area contributed by atoms with E-state index in [2.05, 4.69) is 37.5 Å². The quantitative estimate of drug-likeness (QED) is 0.571. The van der Waals surface area contributed by atoms with Gasteiger partial charge >= 0.3 is 6.09 Å². The Balaban J connectivity index is -0.000000233. The molecule has 108 valence electrons. The average Bonchev–Trinajstić information content (AvgIpc) is 2.18. The molecule has 0 heterocycles. The summed E-state index contributed by atoms with van der Waals surface area (Å²) in [4.78, 5) is 10.8. The summed E-state index contributed by atoms with van der Waals surface area (Å²) in [5, 5.41) is 14.9. The smallest absolute Gasteiger partial charge is 0.402 e. The van der Waals surface area contributed by atoms with Crippen molar-refractivity contribution in [2.45, 2.75) is 20.8 Å². The molecule has 0 atom stereocenters. The topological polar surface area (TPSA) is 122 Å². The van der Waals surface area contributed by atoms with Gasteiger partial charge in [-0.05, 0) is 45.2 Å². The van der Waals surface area contributed by atoms with Crippen molar-refractivity contribution in [2.24, 2.45) is 11.5 Å². The van der Waals surface area contributed by atoms with Crippen LogP contribution in [0.1, 0.15) is 20.8 Å². The van der Waals surface area contributed by atoms with Crippen molar-refractivity contribution in [3.63, 3.8) is 0 Å². The summed E-state index contributed by atoms with van der Waals surface area (Å²) in [5.41, 5.74) is 8.43. The first-order valence-corrected chi connectivity index (χ1v) is 5.92. The summed E-state index contributed by atoms with van der Waals surface area (Å²) in [6.07, 6.45) is -1.33. The number of thiocarbonyl (C=S) groups is 2. The van der Waals surface area contributed by atoms with Gasteiger partial charge in [0.15, 0.2) is 0 Å². The minimum Gasteiger partial charge on any atom is -0.487 e. The molecule has 6 N–H and O–H groups in total. The van der Waals surface area contributed by atoms with E-state index in [0.717, 1.165) is 13.1 Å². The number of nitrogens with zero attached hydrogens (tertiary/aromatic N) is 1. The second-order valence-electron chi connectivity index (χ2n) is 2.55. The molecule has 0 aliphatic rings. The summed E-state index contributed by atoms with van der Waals surface area (Å²) >= 11 is 8.85. The zero-order chi connectivity index (χ0) is 15.1. The summed E-state index contributed by atoms with van der Waals surface area (Å²) in [5.74, 6) is 0. The third kappa shape index (κ3) is 29.3. The van der Waals surface area contributed by atoms with Crippen LogP contribution in [-0.2, 0) is 4.74 Å². The molecule has 0 radical (unpaired) electrons. The van der Waals surface area contributed by atoms with Crippen molar-refractivity contribution in [3.8, 4) is 0 Å². The van der Waals surface area contributed by atoms with Crippen LogP contribution in [0, 0.1) is 0 Å². The van der Waals surface area contributed by atoms with Crippen molar-refractivity contribution >= 4 is 40.9 Å². The zero-order valence-corrected chi connectivity index (χ0v) is 12.4. The van der Waals surface area contributed by atoms with E-state index in [1.54, 1.807) is 0 Å². The van der Waals surface area contributed by atoms with Crippen LogP contribution in [0.15, 0.2) is 0 Å². The number of carbonyl (C=O) groups is 1. The fraction of sp³-hybridized carbons (Fsp3) is 0.667. The minimum atomic E-state index is -1.33. The van der Waals surface area contributed by atoms with Gasteiger partial charge in [-0.2, -0.15) is 0 Å². The molecule has 0 aliphatic heterocycles. The fourth-order valence-corrected chi connectivity index (χ4v) is 1.07. The van der Waals surface area contributed by atoms with Crippen LogP contribution in [-0.4, -0.2) is 51.3 Å². The predicted octanol–water partition coefficient (Wildman–Crippen LogP) is 1.06. The van der Waals surface area contributed by atoms with Gasteiger partial charge in [-0.3, -0.25) is 0 Å². The Morgan fingerprint density at radius 2 is 1.44 bits per heavy atom. The molecule has 0 aromatic heterocycles. The Kier molecular flexibility index (Phi) is 19.0. The fourth-order valence-electron chi connectivity index (χ4n) is 0.697. The molecule has 0 unspecified atom stereocenters. The highest BCUT2D eigenvalue weighted by atomic mass is 32.1. The maximum atomic E-state index is 8.78. The van der Waals surface area contributed by atoms with Crippen LogP contribution in [0.25, 0.3) is 0 Å². The van der Waals surface area contributed by atoms with Gasteiger partial charge in [0.2, 0.25) is 0 Å². The van der Waals surface area contributed by atoms with Gasteiger partial charge in [0, 0.05) is 13.1 Å². The van der Waals surface area contributed by atoms with E-state index >= 15 is 0 Å². The minimum absolute atomic E-state index is 0.500. The number of aliphatic hydroxyl groups is 1. The van der Waals surface area contributed by atoms with E-state index in [4.69, 9.17) is 32.0 Å². The van der Waals surface area contributed by atoms with Crippen molar-refractivity contribution in [2.75, 3.05) is 19.7 Å². The number of aliphatic hydroxyl groups excluding tert-OH is 1. The molecule has 0 aromatic rings. The number of amides is 1. The van der Waals surface area contributed by atoms with Gasteiger partial charge in [-0.25, -0.2) is 4.79 Å². The Morgan fingerprint density at radius 1 is 1.17 bits per heavy atom. The third-order valence-electron chi connectivity index (χ3n) is 1.29. The normalized spacial score (nSPS) is 7.72. The maximum Gasteiger partial charge on any atom is 0.402 e. The number of rotatable bonds is 3. The number of nitrogens with two attached hydrogens (primary N) is 2. The standard InChI is InChI=1S/C7H15NOS.CH3NO2.CH3NOS/c1-4-8(5-2)7(10)9-6-3;2*2-1(3)4/h4-6H2,1-3H3;2H2,(H,3,4);(H3,2,3,4). The molecule has 0 rings (SSSR count). The lowest BCUT2D eigenvalue weighted by Crippen LogP contribution is -2.30. The summed E-state index contributed by atoms with van der Waals surface area (Å²) in [6.45, 7) is 8.58. The molecule has 18 heavy (non-hydrogen) atoms. The lowest BCUT2D eigenvalue weighted by Gasteiger charge is -2.20. The van der Waals surface area contributed by atoms with E-state index in [-0.39, 0.29) is 0 Å². The predicted molar refractivity (Wildman–Crippen MR) is 78.8 cm³/mol. The average molecular weight is 299 g/mol. The van der Waals surface area contributed by atoms with E-state index in [9.17, 15) is 0 Å². The zero-order valence-electron chi connectivity index (χ0n) is 10.8. The van der Waals surface area contributed by atoms with Crippen LogP contribution in [0.3, 0.4) is 0 Å². The molecule has 9 heteroatoms. The van der Waals surface area contributed by atoms with Gasteiger partial charge in [-0.15, -0.1) is 0 Å². The lowest BCUT2D eigenvalue weighted by molar-refractivity contribution is 0.205. The van der Waals surface area contributed by atoms with Gasteiger partial charge < -0.3 is 31.3 Å². The van der Waals surface area contributed by atoms with E-state index < -0.39 is 11.3 Å². The molecule has 0 saturated heterocycles. The molecule has 0 spiro atoms. The molecule has 7 nitrogen and oxygen atoms in total. The van der Waals surface area contributed by atoms with Crippen molar-refractivity contribution in [1.29, 1.82) is 0 Å². The first kappa shape index (κ1) is 21.9. The highest BCUT2D eigenvalue weighted by molar-refractivity contribution is 7.80. The second-order valence-corrected chi connectivity index (χ2v) is 3.32. The Labute approximate surface area is 118 Å². The highest BCUT2D eigenvalue weighted by Gasteiger charge is 2.03. The lowest BCUT2D eigenvalue weighted by atomic mass is 10.6. The van der Waals surface area contributed by atoms with E-state index in [1.807, 2.05) is 11.8 Å². The monoisotopic (exact) mass is 299 g/mol. The largest absolute Gasteiger partial charge is 0.487 e. The molecule has 0 aliphatic carbocycles. The van der Waals surface area contributed by atoms with Crippen LogP contribution in [0.4, 0.5) is 4.79 Å². The number of hydrogen-bond acceptors (Lipinski definition) is 4. The molecule has 0 aromatic carbocycles. The van der Waals surface area contributed by atoms with Gasteiger partial charge in [0.25, 0.3) is 10.3 Å². The van der Waals surface area contributed by atoms with Gasteiger partial charge in [0.1, 0.15) is 0 Å². The number of primary amides is 1. The Morgan fingerprint density at radius 3 is 1.61 bits per heavy atom. The summed E-state index contributed by atoms with van der Waals surface area (Å²) < 4.78 is 5.14.